The zero-order valence-corrected chi connectivity index (χ0v) is 13.5. The third-order valence-electron chi connectivity index (χ3n) is 3.81. The van der Waals surface area contributed by atoms with Gasteiger partial charge in [-0.2, -0.15) is 13.2 Å². The Labute approximate surface area is 138 Å². The Hall–Kier alpha value is -2.23. The van der Waals surface area contributed by atoms with Gasteiger partial charge in [0.05, 0.1) is 5.52 Å². The van der Waals surface area contributed by atoms with Crippen LogP contribution in [0.5, 0.6) is 0 Å². The van der Waals surface area contributed by atoms with Crippen LogP contribution in [0.15, 0.2) is 23.1 Å². The minimum atomic E-state index is -5.05. The monoisotopic (exact) mass is 358 g/mol. The first-order valence-electron chi connectivity index (χ1n) is 7.01. The number of benzene rings is 1. The molecule has 0 aliphatic carbocycles. The van der Waals surface area contributed by atoms with Crippen LogP contribution in [0, 0.1) is 0 Å². The van der Waals surface area contributed by atoms with Crippen molar-refractivity contribution in [3.63, 3.8) is 0 Å². The Morgan fingerprint density at radius 2 is 2.17 bits per heavy atom. The number of halogens is 3. The van der Waals surface area contributed by atoms with Crippen LogP contribution >= 0.6 is 11.8 Å². The molecule has 2 aromatic rings. The van der Waals surface area contributed by atoms with Crippen LogP contribution in [0.3, 0.4) is 0 Å². The average molecular weight is 358 g/mol. The number of carbonyl (C=O) groups excluding carboxylic acids is 2. The molecule has 0 fully saturated rings. The number of nitrogens with zero attached hydrogens (tertiary/aromatic N) is 2. The van der Waals surface area contributed by atoms with E-state index in [2.05, 4.69) is 10.3 Å². The fourth-order valence-electron chi connectivity index (χ4n) is 2.68. The van der Waals surface area contributed by atoms with Crippen molar-refractivity contribution in [1.29, 1.82) is 0 Å². The normalized spacial score (nSPS) is 20.1. The summed E-state index contributed by atoms with van der Waals surface area (Å²) in [5.41, 5.74) is -2.76. The highest BCUT2D eigenvalue weighted by Crippen LogP contribution is 2.44. The number of aromatic nitrogens is 2. The average Bonchev–Trinajstić information content (AvgIpc) is 3.01. The molecule has 10 heteroatoms. The standard InChI is InChI=1S/C14H13F3N4O2S/c1-3-9(22)20-13(14(15,16)17)11(23)19-12-18-10-7(21(12)13)5-4-6-8(10)24-2/h4-6H,3H2,1-2H3,(H,20,22)(H,18,19,23). The lowest BCUT2D eigenvalue weighted by Crippen LogP contribution is -2.63. The highest BCUT2D eigenvalue weighted by Gasteiger charge is 2.67. The van der Waals surface area contributed by atoms with E-state index < -0.39 is 23.7 Å². The molecule has 1 aromatic carbocycles. The first-order valence-corrected chi connectivity index (χ1v) is 8.24. The van der Waals surface area contributed by atoms with E-state index in [9.17, 15) is 22.8 Å². The van der Waals surface area contributed by atoms with Crippen LogP contribution in [0.2, 0.25) is 0 Å². The number of hydrogen-bond acceptors (Lipinski definition) is 4. The molecule has 1 atom stereocenters. The minimum absolute atomic E-state index is 0.115. The van der Waals surface area contributed by atoms with Gasteiger partial charge in [-0.1, -0.05) is 13.0 Å². The summed E-state index contributed by atoms with van der Waals surface area (Å²) in [7, 11) is 0. The van der Waals surface area contributed by atoms with Crippen molar-refractivity contribution >= 4 is 40.6 Å². The number of fused-ring (bicyclic) bond motifs is 3. The zero-order chi connectivity index (χ0) is 17.7. The number of imidazole rings is 1. The van der Waals surface area contributed by atoms with Gasteiger partial charge in [0.15, 0.2) is 0 Å². The zero-order valence-electron chi connectivity index (χ0n) is 12.7. The van der Waals surface area contributed by atoms with Crippen LogP contribution in [-0.2, 0) is 15.3 Å². The summed E-state index contributed by atoms with van der Waals surface area (Å²) in [4.78, 5) is 28.7. The highest BCUT2D eigenvalue weighted by atomic mass is 32.2. The van der Waals surface area contributed by atoms with Crippen LogP contribution in [0.1, 0.15) is 13.3 Å². The van der Waals surface area contributed by atoms with E-state index in [1.807, 2.05) is 5.32 Å². The van der Waals surface area contributed by atoms with E-state index >= 15 is 0 Å². The van der Waals surface area contributed by atoms with Gasteiger partial charge in [-0.15, -0.1) is 11.8 Å². The van der Waals surface area contributed by atoms with Gasteiger partial charge < -0.3 is 5.32 Å². The smallest absolute Gasteiger partial charge is 0.317 e. The van der Waals surface area contributed by atoms with Crippen LogP contribution in [0.25, 0.3) is 11.0 Å². The fourth-order valence-corrected chi connectivity index (χ4v) is 3.24. The molecule has 1 aliphatic heterocycles. The largest absolute Gasteiger partial charge is 0.440 e. The third-order valence-corrected chi connectivity index (χ3v) is 4.58. The van der Waals surface area contributed by atoms with Crippen LogP contribution in [-0.4, -0.2) is 33.8 Å². The number of hydrogen-bond donors (Lipinski definition) is 2. The topological polar surface area (TPSA) is 76.0 Å². The van der Waals surface area contributed by atoms with Gasteiger partial charge in [-0.05, 0) is 18.4 Å². The second kappa shape index (κ2) is 5.40. The second-order valence-electron chi connectivity index (χ2n) is 5.16. The number of alkyl halides is 3. The number of rotatable bonds is 3. The predicted molar refractivity (Wildman–Crippen MR) is 82.6 cm³/mol. The molecule has 1 unspecified atom stereocenters. The number of thioether (sulfide) groups is 1. The van der Waals surface area contributed by atoms with Crippen LogP contribution < -0.4 is 10.6 Å². The number of carbonyl (C=O) groups is 2. The Morgan fingerprint density at radius 1 is 1.46 bits per heavy atom. The highest BCUT2D eigenvalue weighted by molar-refractivity contribution is 7.98. The summed E-state index contributed by atoms with van der Waals surface area (Å²) in [5, 5.41) is 3.98. The molecule has 1 aromatic heterocycles. The van der Waals surface area contributed by atoms with Gasteiger partial charge in [0, 0.05) is 11.3 Å². The lowest BCUT2D eigenvalue weighted by Gasteiger charge is -2.31. The molecule has 3 rings (SSSR count). The maximum absolute atomic E-state index is 13.9. The summed E-state index contributed by atoms with van der Waals surface area (Å²) >= 11 is 1.32. The summed E-state index contributed by atoms with van der Waals surface area (Å²) in [6.07, 6.45) is -3.47. The van der Waals surface area contributed by atoms with Crippen molar-refractivity contribution in [2.24, 2.45) is 0 Å². The van der Waals surface area contributed by atoms with Gasteiger partial charge in [0.1, 0.15) is 5.52 Å². The fraction of sp³-hybridized carbons (Fsp3) is 0.357. The minimum Gasteiger partial charge on any atom is -0.317 e. The molecule has 6 nitrogen and oxygen atoms in total. The molecule has 0 bridgehead atoms. The van der Waals surface area contributed by atoms with E-state index in [0.717, 1.165) is 4.57 Å². The number of nitrogens with one attached hydrogen (secondary N) is 2. The van der Waals surface area contributed by atoms with Gasteiger partial charge in [-0.3, -0.25) is 19.5 Å². The predicted octanol–water partition coefficient (Wildman–Crippen LogP) is 2.45. The van der Waals surface area contributed by atoms with E-state index in [4.69, 9.17) is 0 Å². The molecule has 1 aliphatic rings. The molecule has 2 amide bonds. The number of para-hydroxylation sites is 1. The van der Waals surface area contributed by atoms with E-state index in [1.165, 1.54) is 24.8 Å². The summed E-state index contributed by atoms with van der Waals surface area (Å²) in [6.45, 7) is 1.41. The summed E-state index contributed by atoms with van der Waals surface area (Å²) in [6, 6.07) is 4.73. The molecule has 128 valence electrons. The summed E-state index contributed by atoms with van der Waals surface area (Å²) < 4.78 is 42.4. The van der Waals surface area contributed by atoms with Gasteiger partial charge in [0.25, 0.3) is 11.6 Å². The van der Waals surface area contributed by atoms with Crippen molar-refractivity contribution in [3.05, 3.63) is 18.2 Å². The molecule has 0 saturated heterocycles. The molecular formula is C14H13F3N4O2S. The van der Waals surface area contributed by atoms with Crippen molar-refractivity contribution in [2.45, 2.75) is 30.1 Å². The Kier molecular flexibility index (Phi) is 3.74. The number of amides is 2. The lowest BCUT2D eigenvalue weighted by atomic mass is 10.1. The van der Waals surface area contributed by atoms with Crippen molar-refractivity contribution in [1.82, 2.24) is 14.9 Å². The van der Waals surface area contributed by atoms with Gasteiger partial charge in [-0.25, -0.2) is 4.98 Å². The first kappa shape index (κ1) is 16.6. The quantitative estimate of drug-likeness (QED) is 0.827. The Balaban J connectivity index is 2.34. The van der Waals surface area contributed by atoms with Crippen molar-refractivity contribution < 1.29 is 22.8 Å². The summed E-state index contributed by atoms with van der Waals surface area (Å²) in [5.74, 6) is -2.51. The lowest BCUT2D eigenvalue weighted by molar-refractivity contribution is -0.217. The molecule has 2 N–H and O–H groups in total. The molecule has 2 heterocycles. The SMILES string of the molecule is CCC(=O)NC1(C(F)(F)F)C(=O)Nc2nc3c(SC)cccc3n21. The van der Waals surface area contributed by atoms with E-state index in [1.54, 1.807) is 18.4 Å². The van der Waals surface area contributed by atoms with E-state index in [0.29, 0.717) is 10.4 Å². The first-order chi connectivity index (χ1) is 11.3. The second-order valence-corrected chi connectivity index (χ2v) is 6.01. The number of anilines is 1. The van der Waals surface area contributed by atoms with Crippen LogP contribution in [0.4, 0.5) is 19.1 Å². The maximum atomic E-state index is 13.9. The van der Waals surface area contributed by atoms with E-state index in [-0.39, 0.29) is 17.9 Å². The van der Waals surface area contributed by atoms with Crippen molar-refractivity contribution in [2.75, 3.05) is 11.6 Å². The van der Waals surface area contributed by atoms with Gasteiger partial charge >= 0.3 is 6.18 Å². The third kappa shape index (κ3) is 2.09. The van der Waals surface area contributed by atoms with Crippen molar-refractivity contribution in [3.8, 4) is 0 Å². The molecule has 24 heavy (non-hydrogen) atoms. The molecular weight excluding hydrogens is 345 g/mol. The van der Waals surface area contributed by atoms with Gasteiger partial charge in [0.2, 0.25) is 11.9 Å². The Bertz CT molecular complexity index is 848. The molecule has 0 radical (unpaired) electrons. The maximum Gasteiger partial charge on any atom is 0.440 e. The molecule has 0 spiro atoms. The molecule has 0 saturated carbocycles. The Morgan fingerprint density at radius 3 is 2.75 bits per heavy atom.